The normalized spacial score (nSPS) is 10.2. The molecular formula is C10H11ClN4OS. The van der Waals surface area contributed by atoms with Crippen molar-refractivity contribution in [2.75, 3.05) is 17.9 Å². The van der Waals surface area contributed by atoms with Gasteiger partial charge in [-0.2, -0.15) is 0 Å². The van der Waals surface area contributed by atoms with Crippen LogP contribution in [0.15, 0.2) is 24.3 Å². The number of fused-ring (bicyclic) bond motifs is 1. The average Bonchev–Trinajstić information content (AvgIpc) is 2.76. The van der Waals surface area contributed by atoms with Crippen LogP contribution in [-0.2, 0) is 0 Å². The maximum atomic E-state index is 11.2. The summed E-state index contributed by atoms with van der Waals surface area (Å²) in [4.78, 5) is 15.5. The molecule has 0 aliphatic heterocycles. The summed E-state index contributed by atoms with van der Waals surface area (Å²) in [6, 6.07) is 7.44. The molecule has 7 heteroatoms. The number of hydrazine groups is 1. The Bertz CT molecular complexity index is 483. The predicted octanol–water partition coefficient (Wildman–Crippen LogP) is 2.16. The molecule has 0 fully saturated rings. The van der Waals surface area contributed by atoms with Crippen molar-refractivity contribution in [3.8, 4) is 0 Å². The van der Waals surface area contributed by atoms with Gasteiger partial charge in [-0.05, 0) is 12.1 Å². The minimum Gasteiger partial charge on any atom is -0.336 e. The Morgan fingerprint density at radius 2 is 2.24 bits per heavy atom. The molecule has 0 aliphatic rings. The largest absolute Gasteiger partial charge is 0.336 e. The van der Waals surface area contributed by atoms with E-state index in [4.69, 9.17) is 11.6 Å². The van der Waals surface area contributed by atoms with Crippen molar-refractivity contribution in [1.29, 1.82) is 0 Å². The van der Waals surface area contributed by atoms with Gasteiger partial charge < -0.3 is 5.32 Å². The lowest BCUT2D eigenvalue weighted by molar-refractivity contribution is 0.243. The van der Waals surface area contributed by atoms with Gasteiger partial charge in [0.25, 0.3) is 0 Å². The van der Waals surface area contributed by atoms with Crippen LogP contribution in [0, 0.1) is 0 Å². The van der Waals surface area contributed by atoms with Gasteiger partial charge in [-0.25, -0.2) is 15.2 Å². The van der Waals surface area contributed by atoms with Gasteiger partial charge in [0.1, 0.15) is 0 Å². The topological polar surface area (TPSA) is 66.1 Å². The summed E-state index contributed by atoms with van der Waals surface area (Å²) in [5, 5.41) is 3.21. The summed E-state index contributed by atoms with van der Waals surface area (Å²) >= 11 is 6.92. The van der Waals surface area contributed by atoms with Gasteiger partial charge in [0.15, 0.2) is 0 Å². The zero-order valence-electron chi connectivity index (χ0n) is 8.87. The summed E-state index contributed by atoms with van der Waals surface area (Å²) in [6.07, 6.45) is 0. The van der Waals surface area contributed by atoms with Gasteiger partial charge in [0.2, 0.25) is 5.13 Å². The number of nitrogens with one attached hydrogen (secondary N) is 3. The SMILES string of the molecule is O=C(NCCCl)NNc1nc2ccccc2s1. The number of carbonyl (C=O) groups is 1. The van der Waals surface area contributed by atoms with E-state index >= 15 is 0 Å². The van der Waals surface area contributed by atoms with Gasteiger partial charge in [-0.3, -0.25) is 5.43 Å². The summed E-state index contributed by atoms with van der Waals surface area (Å²) in [7, 11) is 0. The number of amides is 2. The number of carbonyl (C=O) groups excluding carboxylic acids is 1. The first-order chi connectivity index (χ1) is 8.29. The van der Waals surface area contributed by atoms with E-state index in [-0.39, 0.29) is 6.03 Å². The lowest BCUT2D eigenvalue weighted by Gasteiger charge is -2.05. The summed E-state index contributed by atoms with van der Waals surface area (Å²) < 4.78 is 1.07. The molecular weight excluding hydrogens is 260 g/mol. The molecule has 0 bridgehead atoms. The Balaban J connectivity index is 1.92. The molecule has 0 saturated heterocycles. The van der Waals surface area contributed by atoms with Crippen molar-refractivity contribution in [3.63, 3.8) is 0 Å². The maximum Gasteiger partial charge on any atom is 0.333 e. The van der Waals surface area contributed by atoms with Gasteiger partial charge in [0.05, 0.1) is 10.2 Å². The highest BCUT2D eigenvalue weighted by molar-refractivity contribution is 7.22. The van der Waals surface area contributed by atoms with Crippen LogP contribution >= 0.6 is 22.9 Å². The highest BCUT2D eigenvalue weighted by atomic mass is 35.5. The van der Waals surface area contributed by atoms with Crippen LogP contribution < -0.4 is 16.2 Å². The first-order valence-electron chi connectivity index (χ1n) is 5.01. The first-order valence-corrected chi connectivity index (χ1v) is 6.36. The monoisotopic (exact) mass is 270 g/mol. The zero-order valence-corrected chi connectivity index (χ0v) is 10.4. The highest BCUT2D eigenvalue weighted by Gasteiger charge is 2.03. The number of rotatable bonds is 4. The van der Waals surface area contributed by atoms with E-state index in [1.165, 1.54) is 11.3 Å². The van der Waals surface area contributed by atoms with Crippen LogP contribution in [0.5, 0.6) is 0 Å². The van der Waals surface area contributed by atoms with E-state index < -0.39 is 0 Å². The molecule has 2 aromatic rings. The van der Waals surface area contributed by atoms with E-state index in [2.05, 4.69) is 21.2 Å². The molecule has 1 aromatic carbocycles. The second-order valence-electron chi connectivity index (χ2n) is 3.18. The van der Waals surface area contributed by atoms with Crippen molar-refractivity contribution in [2.45, 2.75) is 0 Å². The molecule has 5 nitrogen and oxygen atoms in total. The van der Waals surface area contributed by atoms with E-state index in [0.717, 1.165) is 10.2 Å². The summed E-state index contributed by atoms with van der Waals surface area (Å²) in [5.74, 6) is 0.383. The van der Waals surface area contributed by atoms with Crippen LogP contribution in [0.1, 0.15) is 0 Å². The Hall–Kier alpha value is -1.53. The third-order valence-corrected chi connectivity index (χ3v) is 3.10. The van der Waals surface area contributed by atoms with E-state index in [9.17, 15) is 4.79 Å². The number of nitrogens with zero attached hydrogens (tertiary/aromatic N) is 1. The molecule has 1 heterocycles. The first kappa shape index (κ1) is 11.9. The molecule has 17 heavy (non-hydrogen) atoms. The summed E-state index contributed by atoms with van der Waals surface area (Å²) in [5.41, 5.74) is 6.13. The van der Waals surface area contributed by atoms with E-state index in [1.807, 2.05) is 24.3 Å². The third-order valence-electron chi connectivity index (χ3n) is 1.96. The van der Waals surface area contributed by atoms with Crippen LogP contribution in [-0.4, -0.2) is 23.4 Å². The third kappa shape index (κ3) is 3.21. The van der Waals surface area contributed by atoms with Gasteiger partial charge in [-0.1, -0.05) is 23.5 Å². The number of thiazole rings is 1. The second kappa shape index (κ2) is 5.70. The number of anilines is 1. The van der Waals surface area contributed by atoms with E-state index in [0.29, 0.717) is 17.6 Å². The lowest BCUT2D eigenvalue weighted by atomic mass is 10.3. The van der Waals surface area contributed by atoms with Gasteiger partial charge >= 0.3 is 6.03 Å². The van der Waals surface area contributed by atoms with E-state index in [1.54, 1.807) is 0 Å². The van der Waals surface area contributed by atoms with Crippen molar-refractivity contribution in [3.05, 3.63) is 24.3 Å². The standard InChI is InChI=1S/C10H11ClN4OS/c11-5-6-12-9(16)14-15-10-13-7-3-1-2-4-8(7)17-10/h1-4H,5-6H2,(H,13,15)(H2,12,14,16). The minimum atomic E-state index is -0.329. The Labute approximate surface area is 107 Å². The number of para-hydroxylation sites is 1. The number of hydrogen-bond donors (Lipinski definition) is 3. The number of aromatic nitrogens is 1. The number of urea groups is 1. The van der Waals surface area contributed by atoms with Gasteiger partial charge in [-0.15, -0.1) is 11.6 Å². The smallest absolute Gasteiger partial charge is 0.333 e. The molecule has 2 amide bonds. The lowest BCUT2D eigenvalue weighted by Crippen LogP contribution is -2.39. The fraction of sp³-hybridized carbons (Fsp3) is 0.200. The molecule has 90 valence electrons. The van der Waals surface area contributed by atoms with Crippen molar-refractivity contribution < 1.29 is 4.79 Å². The molecule has 1 aromatic heterocycles. The van der Waals surface area contributed by atoms with Crippen LogP contribution in [0.2, 0.25) is 0 Å². The van der Waals surface area contributed by atoms with Crippen LogP contribution in [0.4, 0.5) is 9.93 Å². The molecule has 0 aliphatic carbocycles. The molecule has 2 rings (SSSR count). The Kier molecular flexibility index (Phi) is 4.00. The average molecular weight is 271 g/mol. The van der Waals surface area contributed by atoms with Crippen molar-refractivity contribution >= 4 is 44.3 Å². The van der Waals surface area contributed by atoms with Gasteiger partial charge in [0, 0.05) is 12.4 Å². The molecule has 3 N–H and O–H groups in total. The maximum absolute atomic E-state index is 11.2. The second-order valence-corrected chi connectivity index (χ2v) is 4.59. The fourth-order valence-corrected chi connectivity index (χ4v) is 2.15. The van der Waals surface area contributed by atoms with Crippen LogP contribution in [0.3, 0.4) is 0 Å². The van der Waals surface area contributed by atoms with Crippen molar-refractivity contribution in [1.82, 2.24) is 15.7 Å². The molecule has 0 unspecified atom stereocenters. The Morgan fingerprint density at radius 3 is 3.00 bits per heavy atom. The number of benzene rings is 1. The minimum absolute atomic E-state index is 0.329. The number of hydrogen-bond acceptors (Lipinski definition) is 4. The Morgan fingerprint density at radius 1 is 1.41 bits per heavy atom. The molecule has 0 atom stereocenters. The summed E-state index contributed by atoms with van der Waals surface area (Å²) in [6.45, 7) is 0.426. The van der Waals surface area contributed by atoms with Crippen molar-refractivity contribution in [2.24, 2.45) is 0 Å². The molecule has 0 spiro atoms. The molecule has 0 saturated carbocycles. The zero-order chi connectivity index (χ0) is 12.1. The highest BCUT2D eigenvalue weighted by Crippen LogP contribution is 2.24. The number of alkyl halides is 1. The quantitative estimate of drug-likeness (QED) is 0.589. The van der Waals surface area contributed by atoms with Crippen LogP contribution in [0.25, 0.3) is 10.2 Å². The predicted molar refractivity (Wildman–Crippen MR) is 70.5 cm³/mol. The fourth-order valence-electron chi connectivity index (χ4n) is 1.24. The number of halogens is 1. The molecule has 0 radical (unpaired) electrons.